The fourth-order valence-electron chi connectivity index (χ4n) is 1.70. The quantitative estimate of drug-likeness (QED) is 0.764. The Morgan fingerprint density at radius 1 is 1.38 bits per heavy atom. The van der Waals surface area contributed by atoms with Crippen LogP contribution in [0.15, 0.2) is 24.3 Å². The van der Waals surface area contributed by atoms with Crippen molar-refractivity contribution in [2.75, 3.05) is 13.1 Å². The lowest BCUT2D eigenvalue weighted by molar-refractivity contribution is 0.763. The molecule has 0 bridgehead atoms. The van der Waals surface area contributed by atoms with Gasteiger partial charge in [-0.2, -0.15) is 0 Å². The highest BCUT2D eigenvalue weighted by atomic mass is 35.5. The predicted molar refractivity (Wildman–Crippen MR) is 58.9 cm³/mol. The molecule has 0 radical (unpaired) electrons. The van der Waals surface area contributed by atoms with Crippen molar-refractivity contribution in [1.29, 1.82) is 0 Å². The molecule has 1 saturated heterocycles. The summed E-state index contributed by atoms with van der Waals surface area (Å²) in [4.78, 5) is 0. The molecule has 13 heavy (non-hydrogen) atoms. The van der Waals surface area contributed by atoms with Gasteiger partial charge < -0.3 is 5.32 Å². The van der Waals surface area contributed by atoms with Gasteiger partial charge in [0.1, 0.15) is 0 Å². The lowest BCUT2D eigenvalue weighted by Gasteiger charge is -2.07. The Morgan fingerprint density at radius 3 is 2.85 bits per heavy atom. The molecule has 2 rings (SSSR count). The zero-order valence-electron chi connectivity index (χ0n) is 7.29. The molecule has 0 amide bonds. The van der Waals surface area contributed by atoms with Crippen LogP contribution in [0.2, 0.25) is 5.02 Å². The summed E-state index contributed by atoms with van der Waals surface area (Å²) in [6, 6.07) is 8.17. The molecule has 3 heteroatoms. The van der Waals surface area contributed by atoms with Crippen LogP contribution in [-0.2, 0) is 0 Å². The number of halogens is 2. The van der Waals surface area contributed by atoms with Crippen LogP contribution in [-0.4, -0.2) is 13.1 Å². The van der Waals surface area contributed by atoms with E-state index in [0.29, 0.717) is 5.92 Å². The lowest BCUT2D eigenvalue weighted by atomic mass is 9.99. The normalized spacial score (nSPS) is 21.2. The van der Waals surface area contributed by atoms with Crippen LogP contribution in [0.5, 0.6) is 0 Å². The molecule has 0 spiro atoms. The molecule has 1 aromatic carbocycles. The van der Waals surface area contributed by atoms with Crippen molar-refractivity contribution in [3.05, 3.63) is 34.9 Å². The van der Waals surface area contributed by atoms with Crippen molar-refractivity contribution < 1.29 is 0 Å². The van der Waals surface area contributed by atoms with Gasteiger partial charge in [0.2, 0.25) is 0 Å². The van der Waals surface area contributed by atoms with Gasteiger partial charge in [-0.1, -0.05) is 23.7 Å². The molecule has 1 atom stereocenters. The highest BCUT2D eigenvalue weighted by molar-refractivity contribution is 6.30. The van der Waals surface area contributed by atoms with Crippen LogP contribution in [0.3, 0.4) is 0 Å². The first kappa shape index (κ1) is 10.8. The van der Waals surface area contributed by atoms with Crippen molar-refractivity contribution >= 4 is 24.0 Å². The molecular formula is C10H13Cl2N. The molecule has 1 nitrogen and oxygen atoms in total. The van der Waals surface area contributed by atoms with E-state index in [4.69, 9.17) is 11.6 Å². The molecule has 0 unspecified atom stereocenters. The minimum atomic E-state index is 0. The Hall–Kier alpha value is -0.240. The van der Waals surface area contributed by atoms with E-state index in [1.165, 1.54) is 12.0 Å². The van der Waals surface area contributed by atoms with Gasteiger partial charge in [-0.3, -0.25) is 0 Å². The smallest absolute Gasteiger partial charge is 0.0408 e. The van der Waals surface area contributed by atoms with E-state index in [1.54, 1.807) is 0 Å². The predicted octanol–water partition coefficient (Wildman–Crippen LogP) is 2.84. The summed E-state index contributed by atoms with van der Waals surface area (Å²) in [6.45, 7) is 2.23. The van der Waals surface area contributed by atoms with E-state index >= 15 is 0 Å². The van der Waals surface area contributed by atoms with Crippen molar-refractivity contribution in [1.82, 2.24) is 5.32 Å². The van der Waals surface area contributed by atoms with Gasteiger partial charge in [0, 0.05) is 11.6 Å². The summed E-state index contributed by atoms with van der Waals surface area (Å²) in [7, 11) is 0. The number of hydrogen-bond acceptors (Lipinski definition) is 1. The number of rotatable bonds is 1. The van der Waals surface area contributed by atoms with Crippen LogP contribution in [0, 0.1) is 0 Å². The van der Waals surface area contributed by atoms with E-state index in [2.05, 4.69) is 17.4 Å². The molecule has 0 aliphatic carbocycles. The number of benzene rings is 1. The fraction of sp³-hybridized carbons (Fsp3) is 0.400. The van der Waals surface area contributed by atoms with Crippen molar-refractivity contribution in [2.24, 2.45) is 0 Å². The second-order valence-electron chi connectivity index (χ2n) is 3.24. The SMILES string of the molecule is Cl.Clc1cccc([C@H]2CCNC2)c1. The number of nitrogens with one attached hydrogen (secondary N) is 1. The zero-order valence-corrected chi connectivity index (χ0v) is 8.87. The average molecular weight is 218 g/mol. The van der Waals surface area contributed by atoms with Gasteiger partial charge >= 0.3 is 0 Å². The Bertz CT molecular complexity index is 269. The maximum Gasteiger partial charge on any atom is 0.0408 e. The van der Waals surface area contributed by atoms with Crippen molar-refractivity contribution in [2.45, 2.75) is 12.3 Å². The zero-order chi connectivity index (χ0) is 8.39. The minimum Gasteiger partial charge on any atom is -0.316 e. The molecule has 1 aliphatic rings. The van der Waals surface area contributed by atoms with E-state index in [0.717, 1.165) is 18.1 Å². The largest absolute Gasteiger partial charge is 0.316 e. The van der Waals surface area contributed by atoms with E-state index in [1.807, 2.05) is 12.1 Å². The first-order chi connectivity index (χ1) is 5.86. The Labute approximate surface area is 89.9 Å². The molecule has 72 valence electrons. The summed E-state index contributed by atoms with van der Waals surface area (Å²) in [5.74, 6) is 0.670. The summed E-state index contributed by atoms with van der Waals surface area (Å²) in [5.41, 5.74) is 1.37. The number of hydrogen-bond donors (Lipinski definition) is 1. The van der Waals surface area contributed by atoms with E-state index in [9.17, 15) is 0 Å². The van der Waals surface area contributed by atoms with Crippen LogP contribution in [0.4, 0.5) is 0 Å². The molecule has 0 aromatic heterocycles. The van der Waals surface area contributed by atoms with Gasteiger partial charge in [-0.25, -0.2) is 0 Å². The third kappa shape index (κ3) is 2.60. The lowest BCUT2D eigenvalue weighted by Crippen LogP contribution is -2.07. The van der Waals surface area contributed by atoms with Crippen molar-refractivity contribution in [3.8, 4) is 0 Å². The molecule has 1 aliphatic heterocycles. The van der Waals surface area contributed by atoms with Crippen molar-refractivity contribution in [3.63, 3.8) is 0 Å². The van der Waals surface area contributed by atoms with Gasteiger partial charge in [-0.15, -0.1) is 12.4 Å². The molecule has 0 saturated carbocycles. The second-order valence-corrected chi connectivity index (χ2v) is 3.68. The van der Waals surface area contributed by atoms with Gasteiger partial charge in [-0.05, 0) is 36.6 Å². The average Bonchev–Trinajstić information content (AvgIpc) is 2.56. The molecule has 1 N–H and O–H groups in total. The maximum absolute atomic E-state index is 5.90. The topological polar surface area (TPSA) is 12.0 Å². The Kier molecular flexibility index (Phi) is 4.04. The highest BCUT2D eigenvalue weighted by Gasteiger charge is 2.15. The van der Waals surface area contributed by atoms with Crippen LogP contribution in [0.1, 0.15) is 17.9 Å². The second kappa shape index (κ2) is 4.85. The molecule has 1 aromatic rings. The standard InChI is InChI=1S/C10H12ClN.ClH/c11-10-3-1-2-8(6-10)9-4-5-12-7-9;/h1-3,6,9,12H,4-5,7H2;1H/t9-;/m0./s1. The maximum atomic E-state index is 5.90. The monoisotopic (exact) mass is 217 g/mol. The first-order valence-corrected chi connectivity index (χ1v) is 4.70. The van der Waals surface area contributed by atoms with E-state index < -0.39 is 0 Å². The van der Waals surface area contributed by atoms with Crippen LogP contribution >= 0.6 is 24.0 Å². The van der Waals surface area contributed by atoms with Gasteiger partial charge in [0.15, 0.2) is 0 Å². The van der Waals surface area contributed by atoms with Crippen LogP contribution in [0.25, 0.3) is 0 Å². The van der Waals surface area contributed by atoms with Crippen LogP contribution < -0.4 is 5.32 Å². The summed E-state index contributed by atoms with van der Waals surface area (Å²) in [6.07, 6.45) is 1.24. The summed E-state index contributed by atoms with van der Waals surface area (Å²) in [5, 5.41) is 4.19. The van der Waals surface area contributed by atoms with Gasteiger partial charge in [0.05, 0.1) is 0 Å². The molecule has 1 heterocycles. The first-order valence-electron chi connectivity index (χ1n) is 4.32. The fourth-order valence-corrected chi connectivity index (χ4v) is 1.90. The third-order valence-corrected chi connectivity index (χ3v) is 2.62. The molecular weight excluding hydrogens is 205 g/mol. The molecule has 1 fully saturated rings. The van der Waals surface area contributed by atoms with Gasteiger partial charge in [0.25, 0.3) is 0 Å². The minimum absolute atomic E-state index is 0. The Balaban J connectivity index is 0.000000845. The summed E-state index contributed by atoms with van der Waals surface area (Å²) < 4.78 is 0. The summed E-state index contributed by atoms with van der Waals surface area (Å²) >= 11 is 5.90. The Morgan fingerprint density at radius 2 is 2.23 bits per heavy atom. The third-order valence-electron chi connectivity index (χ3n) is 2.38. The van der Waals surface area contributed by atoms with E-state index in [-0.39, 0.29) is 12.4 Å². The highest BCUT2D eigenvalue weighted by Crippen LogP contribution is 2.24.